The number of nitrogens with zero attached hydrogens (tertiary/aromatic N) is 3. The van der Waals surface area contributed by atoms with Crippen LogP contribution in [0.5, 0.6) is 0 Å². The van der Waals surface area contributed by atoms with Crippen molar-refractivity contribution in [1.29, 1.82) is 0 Å². The number of fused-ring (bicyclic) bond motifs is 1. The lowest BCUT2D eigenvalue weighted by Gasteiger charge is -2.41. The molecule has 6 aromatic rings. The van der Waals surface area contributed by atoms with Gasteiger partial charge in [-0.3, -0.25) is 9.78 Å². The summed E-state index contributed by atoms with van der Waals surface area (Å²) in [6, 6.07) is 36.0. The van der Waals surface area contributed by atoms with Crippen molar-refractivity contribution in [1.82, 2.24) is 19.9 Å². The van der Waals surface area contributed by atoms with Crippen LogP contribution in [0.25, 0.3) is 22.2 Å². The summed E-state index contributed by atoms with van der Waals surface area (Å²) in [5, 5.41) is 12.6. The van der Waals surface area contributed by atoms with Crippen molar-refractivity contribution in [3.05, 3.63) is 156 Å². The second kappa shape index (κ2) is 13.7. The van der Waals surface area contributed by atoms with Gasteiger partial charge in [-0.2, -0.15) is 0 Å². The van der Waals surface area contributed by atoms with Crippen LogP contribution in [0, 0.1) is 5.92 Å². The summed E-state index contributed by atoms with van der Waals surface area (Å²) in [5.41, 5.74) is 8.40. The lowest BCUT2D eigenvalue weighted by molar-refractivity contribution is -0.276. The number of aliphatic hydroxyl groups excluding tert-OH is 1. The van der Waals surface area contributed by atoms with Crippen LogP contribution in [0.15, 0.2) is 128 Å². The van der Waals surface area contributed by atoms with Crippen LogP contribution in [0.4, 0.5) is 0 Å². The Balaban J connectivity index is 1.15. The Morgan fingerprint density at radius 1 is 0.851 bits per heavy atom. The lowest BCUT2D eigenvalue weighted by Crippen LogP contribution is -2.39. The second-order valence-corrected chi connectivity index (χ2v) is 12.0. The smallest absolute Gasteiger partial charge is 0.253 e. The van der Waals surface area contributed by atoms with E-state index >= 15 is 0 Å². The highest BCUT2D eigenvalue weighted by atomic mass is 16.7. The van der Waals surface area contributed by atoms with Gasteiger partial charge in [0.15, 0.2) is 6.29 Å². The Bertz CT molecular complexity index is 1970. The molecule has 0 saturated carbocycles. The number of pyridine rings is 1. The summed E-state index contributed by atoms with van der Waals surface area (Å²) in [4.78, 5) is 21.2. The molecule has 4 aromatic carbocycles. The van der Waals surface area contributed by atoms with Gasteiger partial charge < -0.3 is 24.5 Å². The molecule has 0 bridgehead atoms. The zero-order chi connectivity index (χ0) is 32.2. The molecule has 7 rings (SSSR count). The number of imidazole rings is 1. The molecule has 0 radical (unpaired) electrons. The van der Waals surface area contributed by atoms with Crippen molar-refractivity contribution in [2.24, 2.45) is 5.92 Å². The fourth-order valence-corrected chi connectivity index (χ4v) is 6.18. The zero-order valence-corrected chi connectivity index (χ0v) is 26.1. The molecule has 3 heterocycles. The first-order chi connectivity index (χ1) is 23.1. The van der Waals surface area contributed by atoms with Gasteiger partial charge in [0.25, 0.3) is 5.91 Å². The van der Waals surface area contributed by atoms with Gasteiger partial charge in [0.1, 0.15) is 0 Å². The summed E-state index contributed by atoms with van der Waals surface area (Å²) in [7, 11) is 0. The average molecular weight is 625 g/mol. The summed E-state index contributed by atoms with van der Waals surface area (Å²) in [6.45, 7) is 3.18. The van der Waals surface area contributed by atoms with E-state index in [4.69, 9.17) is 9.47 Å². The normalized spacial score (nSPS) is 19.4. The van der Waals surface area contributed by atoms with Gasteiger partial charge in [0.05, 0.1) is 48.3 Å². The third kappa shape index (κ3) is 6.71. The molecule has 47 heavy (non-hydrogen) atoms. The van der Waals surface area contributed by atoms with Gasteiger partial charge in [-0.1, -0.05) is 79.7 Å². The maximum atomic E-state index is 12.6. The van der Waals surface area contributed by atoms with Crippen LogP contribution < -0.4 is 5.32 Å². The number of para-hydroxylation sites is 2. The van der Waals surface area contributed by atoms with Crippen molar-refractivity contribution >= 4 is 16.9 Å². The van der Waals surface area contributed by atoms with E-state index in [1.807, 2.05) is 73.1 Å². The predicted molar refractivity (Wildman–Crippen MR) is 180 cm³/mol. The third-order valence-electron chi connectivity index (χ3n) is 8.82. The molecule has 8 heteroatoms. The van der Waals surface area contributed by atoms with Gasteiger partial charge in [0, 0.05) is 30.4 Å². The highest BCUT2D eigenvalue weighted by molar-refractivity contribution is 5.93. The molecule has 4 atom stereocenters. The molecule has 2 aromatic heterocycles. The highest BCUT2D eigenvalue weighted by Gasteiger charge is 2.38. The van der Waals surface area contributed by atoms with E-state index in [0.29, 0.717) is 18.7 Å². The lowest BCUT2D eigenvalue weighted by atomic mass is 9.90. The Morgan fingerprint density at radius 3 is 2.47 bits per heavy atom. The van der Waals surface area contributed by atoms with Crippen LogP contribution in [-0.4, -0.2) is 31.7 Å². The molecular formula is C39H36N4O4. The maximum Gasteiger partial charge on any atom is 0.253 e. The number of carbonyl (C=O) groups excluding carboxylic acids is 1. The van der Waals surface area contributed by atoms with Gasteiger partial charge in [0.2, 0.25) is 0 Å². The number of carbonyl (C=O) groups is 1. The molecule has 1 fully saturated rings. The van der Waals surface area contributed by atoms with E-state index in [0.717, 1.165) is 44.4 Å². The standard InChI is InChI=1S/C39H36N4O4/c1-26-36(23-43-25-42-34-12-2-3-13-35(34)43)46-39(47-37(26)29-16-14-27(24-44)15-17-29)32-10-5-9-31(20-32)30-8-4-7-28(19-30)21-41-38(45)33-11-6-18-40-22-33/h2-20,22,25-26,36-37,39,44H,21,23-24H2,1H3,(H,41,45)/t26-,36+,37+,39+/m1/s1. The molecule has 0 spiro atoms. The summed E-state index contributed by atoms with van der Waals surface area (Å²) >= 11 is 0. The van der Waals surface area contributed by atoms with Gasteiger partial charge in [-0.25, -0.2) is 4.98 Å². The number of amides is 1. The van der Waals surface area contributed by atoms with Crippen molar-refractivity contribution < 1.29 is 19.4 Å². The number of benzene rings is 4. The minimum Gasteiger partial charge on any atom is -0.392 e. The third-order valence-corrected chi connectivity index (χ3v) is 8.82. The van der Waals surface area contributed by atoms with Crippen LogP contribution in [0.3, 0.4) is 0 Å². The monoisotopic (exact) mass is 624 g/mol. The molecule has 0 unspecified atom stereocenters. The topological polar surface area (TPSA) is 98.5 Å². The molecule has 2 N–H and O–H groups in total. The van der Waals surface area contributed by atoms with Crippen LogP contribution >= 0.6 is 0 Å². The number of aromatic nitrogens is 3. The average Bonchev–Trinajstić information content (AvgIpc) is 3.54. The van der Waals surface area contributed by atoms with Crippen molar-refractivity contribution in [3.63, 3.8) is 0 Å². The first-order valence-corrected chi connectivity index (χ1v) is 15.8. The Hall–Kier alpha value is -5.15. The number of ether oxygens (including phenoxy) is 2. The molecule has 0 aliphatic carbocycles. The zero-order valence-electron chi connectivity index (χ0n) is 26.1. The van der Waals surface area contributed by atoms with E-state index in [-0.39, 0.29) is 30.6 Å². The van der Waals surface area contributed by atoms with Crippen molar-refractivity contribution in [2.75, 3.05) is 0 Å². The van der Waals surface area contributed by atoms with E-state index in [1.165, 1.54) is 0 Å². The van der Waals surface area contributed by atoms with Gasteiger partial charge in [-0.15, -0.1) is 0 Å². The largest absolute Gasteiger partial charge is 0.392 e. The number of hydrogen-bond acceptors (Lipinski definition) is 6. The number of nitrogens with one attached hydrogen (secondary N) is 1. The number of rotatable bonds is 9. The molecule has 1 aliphatic heterocycles. The summed E-state index contributed by atoms with van der Waals surface area (Å²) < 4.78 is 15.7. The van der Waals surface area contributed by atoms with Crippen LogP contribution in [0.1, 0.15) is 51.9 Å². The van der Waals surface area contributed by atoms with Gasteiger partial charge >= 0.3 is 0 Å². The van der Waals surface area contributed by atoms with E-state index < -0.39 is 6.29 Å². The van der Waals surface area contributed by atoms with Crippen LogP contribution in [0.2, 0.25) is 0 Å². The molecule has 1 saturated heterocycles. The number of hydrogen-bond donors (Lipinski definition) is 2. The molecule has 1 aliphatic rings. The molecule has 8 nitrogen and oxygen atoms in total. The highest BCUT2D eigenvalue weighted by Crippen LogP contribution is 2.43. The fraction of sp³-hybridized carbons (Fsp3) is 0.205. The quantitative estimate of drug-likeness (QED) is 0.180. The second-order valence-electron chi connectivity index (χ2n) is 12.0. The van der Waals surface area contributed by atoms with E-state index in [1.54, 1.807) is 24.5 Å². The summed E-state index contributed by atoms with van der Waals surface area (Å²) in [6.07, 6.45) is 4.10. The minimum atomic E-state index is -0.601. The maximum absolute atomic E-state index is 12.6. The molecule has 236 valence electrons. The molecular weight excluding hydrogens is 588 g/mol. The van der Waals surface area contributed by atoms with E-state index in [9.17, 15) is 9.90 Å². The first kappa shape index (κ1) is 30.5. The van der Waals surface area contributed by atoms with Crippen molar-refractivity contribution in [2.45, 2.75) is 45.1 Å². The first-order valence-electron chi connectivity index (χ1n) is 15.8. The SMILES string of the molecule is C[C@@H]1[C@H](Cn2cnc3ccccc32)O[C@H](c2cccc(-c3cccc(CNC(=O)c4cccnc4)c3)c2)O[C@@H]1c1ccc(CO)cc1. The minimum absolute atomic E-state index is 0.00566. The Kier molecular flexibility index (Phi) is 8.88. The Morgan fingerprint density at radius 2 is 1.66 bits per heavy atom. The Labute approximate surface area is 273 Å². The van der Waals surface area contributed by atoms with E-state index in [2.05, 4.69) is 57.1 Å². The molecule has 1 amide bonds. The fourth-order valence-electron chi connectivity index (χ4n) is 6.18. The van der Waals surface area contributed by atoms with Crippen molar-refractivity contribution in [3.8, 4) is 11.1 Å². The number of aliphatic hydroxyl groups is 1. The van der Waals surface area contributed by atoms with Gasteiger partial charge in [-0.05, 0) is 64.2 Å². The van der Waals surface area contributed by atoms with Crippen LogP contribution in [-0.2, 0) is 29.2 Å². The predicted octanol–water partition coefficient (Wildman–Crippen LogP) is 7.01. The summed E-state index contributed by atoms with van der Waals surface area (Å²) in [5.74, 6) is -0.126.